The average Bonchev–Trinajstić information content (AvgIpc) is 2.61. The summed E-state index contributed by atoms with van der Waals surface area (Å²) in [5.41, 5.74) is 0.711. The molecule has 1 unspecified atom stereocenters. The quantitative estimate of drug-likeness (QED) is 0.697. The highest BCUT2D eigenvalue weighted by Gasteiger charge is 2.19. The second-order valence-electron chi connectivity index (χ2n) is 5.79. The van der Waals surface area contributed by atoms with Gasteiger partial charge in [0.25, 0.3) is 5.91 Å². The van der Waals surface area contributed by atoms with Crippen LogP contribution in [0.1, 0.15) is 18.9 Å². The molecule has 0 aliphatic rings. The molecule has 3 N–H and O–H groups in total. The van der Waals surface area contributed by atoms with Crippen LogP contribution in [-0.4, -0.2) is 26.4 Å². The zero-order valence-corrected chi connectivity index (χ0v) is 15.3. The van der Waals surface area contributed by atoms with Gasteiger partial charge in [-0.15, -0.1) is 0 Å². The summed E-state index contributed by atoms with van der Waals surface area (Å²) in [5.74, 6) is -1.85. The van der Waals surface area contributed by atoms with Crippen molar-refractivity contribution < 1.29 is 27.1 Å². The Bertz CT molecular complexity index is 929. The van der Waals surface area contributed by atoms with E-state index in [1.54, 1.807) is 18.2 Å². The van der Waals surface area contributed by atoms with Crippen molar-refractivity contribution in [1.82, 2.24) is 0 Å². The molecular weight excluding hydrogens is 375 g/mol. The minimum Gasteiger partial charge on any atom is -0.453 e. The Labute approximate surface area is 156 Å². The Morgan fingerprint density at radius 3 is 2.37 bits per heavy atom. The van der Waals surface area contributed by atoms with Crippen molar-refractivity contribution in [3.05, 3.63) is 59.9 Å². The molecule has 0 saturated heterocycles. The van der Waals surface area contributed by atoms with Gasteiger partial charge >= 0.3 is 5.97 Å². The van der Waals surface area contributed by atoms with Crippen LogP contribution in [0.4, 0.5) is 10.1 Å². The first-order valence-corrected chi connectivity index (χ1v) is 9.58. The summed E-state index contributed by atoms with van der Waals surface area (Å²) in [6.07, 6.45) is -0.806. The number of hydrogen-bond acceptors (Lipinski definition) is 5. The largest absolute Gasteiger partial charge is 0.453 e. The van der Waals surface area contributed by atoms with Crippen molar-refractivity contribution >= 4 is 27.6 Å². The summed E-state index contributed by atoms with van der Waals surface area (Å²) in [5, 5.41) is 7.36. The Kier molecular flexibility index (Phi) is 6.65. The van der Waals surface area contributed by atoms with Crippen LogP contribution in [0, 0.1) is 5.82 Å². The smallest absolute Gasteiger partial charge is 0.306 e. The summed E-state index contributed by atoms with van der Waals surface area (Å²) >= 11 is 0. The Morgan fingerprint density at radius 1 is 1.15 bits per heavy atom. The molecule has 2 aromatic rings. The molecule has 27 heavy (non-hydrogen) atoms. The van der Waals surface area contributed by atoms with Crippen LogP contribution < -0.4 is 10.5 Å². The van der Waals surface area contributed by atoms with Crippen molar-refractivity contribution in [2.75, 3.05) is 5.32 Å². The number of amides is 1. The standard InChI is InChI=1S/C18H19FN2O5S/c1-12(18(23)21-16-5-3-2-4-15(16)19)26-17(22)11-8-13-6-9-14(10-7-13)27(20,24)25/h2-7,9-10,12H,8,11H2,1H3,(H,21,23)(H2,20,24,25). The number of halogens is 1. The SMILES string of the molecule is CC(OC(=O)CCc1ccc(S(N)(=O)=O)cc1)C(=O)Nc1ccccc1F. The first-order valence-electron chi connectivity index (χ1n) is 8.03. The van der Waals surface area contributed by atoms with Crippen LogP contribution in [0.15, 0.2) is 53.4 Å². The summed E-state index contributed by atoms with van der Waals surface area (Å²) in [7, 11) is -3.77. The molecule has 0 bridgehead atoms. The summed E-state index contributed by atoms with van der Waals surface area (Å²) in [6.45, 7) is 1.38. The number of nitrogens with one attached hydrogen (secondary N) is 1. The van der Waals surface area contributed by atoms with E-state index < -0.39 is 33.8 Å². The minimum atomic E-state index is -3.77. The first-order chi connectivity index (χ1) is 12.7. The molecular formula is C18H19FN2O5S. The number of benzene rings is 2. The van der Waals surface area contributed by atoms with Crippen molar-refractivity contribution in [2.45, 2.75) is 30.8 Å². The number of nitrogens with two attached hydrogens (primary N) is 1. The topological polar surface area (TPSA) is 116 Å². The van der Waals surface area contributed by atoms with E-state index in [1.807, 2.05) is 0 Å². The van der Waals surface area contributed by atoms with E-state index >= 15 is 0 Å². The lowest BCUT2D eigenvalue weighted by Gasteiger charge is -2.14. The molecule has 0 aliphatic carbocycles. The zero-order valence-electron chi connectivity index (χ0n) is 14.5. The van der Waals surface area contributed by atoms with Gasteiger partial charge in [-0.1, -0.05) is 24.3 Å². The number of rotatable bonds is 7. The maximum Gasteiger partial charge on any atom is 0.306 e. The molecule has 0 heterocycles. The fraction of sp³-hybridized carbons (Fsp3) is 0.222. The zero-order chi connectivity index (χ0) is 20.0. The van der Waals surface area contributed by atoms with Gasteiger partial charge in [-0.05, 0) is 43.2 Å². The van der Waals surface area contributed by atoms with Gasteiger partial charge in [0.15, 0.2) is 6.10 Å². The minimum absolute atomic E-state index is 0.000319. The lowest BCUT2D eigenvalue weighted by molar-refractivity contribution is -0.153. The van der Waals surface area contributed by atoms with Crippen LogP contribution in [0.2, 0.25) is 0 Å². The fourth-order valence-electron chi connectivity index (χ4n) is 2.20. The van der Waals surface area contributed by atoms with E-state index in [1.165, 1.54) is 37.3 Å². The molecule has 0 aromatic heterocycles. The van der Waals surface area contributed by atoms with Crippen molar-refractivity contribution in [1.29, 1.82) is 0 Å². The van der Waals surface area contributed by atoms with E-state index in [4.69, 9.17) is 9.88 Å². The fourth-order valence-corrected chi connectivity index (χ4v) is 2.71. The van der Waals surface area contributed by atoms with Crippen LogP contribution in [0.3, 0.4) is 0 Å². The second kappa shape index (κ2) is 8.74. The summed E-state index contributed by atoms with van der Waals surface area (Å²) in [4.78, 5) is 23.8. The molecule has 9 heteroatoms. The normalized spacial score (nSPS) is 12.3. The highest BCUT2D eigenvalue weighted by molar-refractivity contribution is 7.89. The van der Waals surface area contributed by atoms with Gasteiger partial charge < -0.3 is 10.1 Å². The molecule has 0 saturated carbocycles. The van der Waals surface area contributed by atoms with Crippen LogP contribution in [0.25, 0.3) is 0 Å². The number of carbonyl (C=O) groups is 2. The van der Waals surface area contributed by atoms with Crippen LogP contribution in [0.5, 0.6) is 0 Å². The number of carbonyl (C=O) groups excluding carboxylic acids is 2. The number of anilines is 1. The lowest BCUT2D eigenvalue weighted by Crippen LogP contribution is -2.30. The van der Waals surface area contributed by atoms with E-state index in [0.29, 0.717) is 12.0 Å². The highest BCUT2D eigenvalue weighted by Crippen LogP contribution is 2.14. The van der Waals surface area contributed by atoms with E-state index in [2.05, 4.69) is 5.32 Å². The molecule has 2 rings (SSSR count). The van der Waals surface area contributed by atoms with Crippen LogP contribution >= 0.6 is 0 Å². The predicted molar refractivity (Wildman–Crippen MR) is 96.7 cm³/mol. The Hall–Kier alpha value is -2.78. The molecule has 1 amide bonds. The number of esters is 1. The van der Waals surface area contributed by atoms with E-state index in [-0.39, 0.29) is 17.0 Å². The number of sulfonamides is 1. The summed E-state index contributed by atoms with van der Waals surface area (Å²) < 4.78 is 40.9. The number of hydrogen-bond donors (Lipinski definition) is 2. The summed E-state index contributed by atoms with van der Waals surface area (Å²) in [6, 6.07) is 11.4. The molecule has 144 valence electrons. The van der Waals surface area contributed by atoms with Gasteiger partial charge in [0.1, 0.15) is 5.82 Å². The van der Waals surface area contributed by atoms with Gasteiger partial charge in [-0.2, -0.15) is 0 Å². The van der Waals surface area contributed by atoms with Gasteiger partial charge in [0.2, 0.25) is 10.0 Å². The molecule has 0 aliphatic heterocycles. The number of para-hydroxylation sites is 1. The van der Waals surface area contributed by atoms with Crippen molar-refractivity contribution in [3.63, 3.8) is 0 Å². The third kappa shape index (κ3) is 6.15. The third-order valence-corrected chi connectivity index (χ3v) is 4.61. The van der Waals surface area contributed by atoms with E-state index in [9.17, 15) is 22.4 Å². The maximum absolute atomic E-state index is 13.5. The van der Waals surface area contributed by atoms with Gasteiger partial charge in [-0.3, -0.25) is 9.59 Å². The average molecular weight is 394 g/mol. The number of aryl methyl sites for hydroxylation is 1. The van der Waals surface area contributed by atoms with Gasteiger partial charge in [0.05, 0.1) is 10.6 Å². The van der Waals surface area contributed by atoms with Crippen molar-refractivity contribution in [3.8, 4) is 0 Å². The molecule has 0 radical (unpaired) electrons. The van der Waals surface area contributed by atoms with Crippen LogP contribution in [-0.2, 0) is 30.8 Å². The van der Waals surface area contributed by atoms with Crippen molar-refractivity contribution in [2.24, 2.45) is 5.14 Å². The Balaban J connectivity index is 1.84. The number of ether oxygens (including phenoxy) is 1. The first kappa shape index (κ1) is 20.5. The maximum atomic E-state index is 13.5. The van der Waals surface area contributed by atoms with Gasteiger partial charge in [0, 0.05) is 6.42 Å². The molecule has 1 atom stereocenters. The van der Waals surface area contributed by atoms with E-state index in [0.717, 1.165) is 0 Å². The highest BCUT2D eigenvalue weighted by atomic mass is 32.2. The lowest BCUT2D eigenvalue weighted by atomic mass is 10.1. The second-order valence-corrected chi connectivity index (χ2v) is 7.35. The van der Waals surface area contributed by atoms with Gasteiger partial charge in [-0.25, -0.2) is 17.9 Å². The molecule has 2 aromatic carbocycles. The number of primary sulfonamides is 1. The molecule has 0 spiro atoms. The molecule has 7 nitrogen and oxygen atoms in total. The predicted octanol–water partition coefficient (Wildman–Crippen LogP) is 1.98. The Morgan fingerprint density at radius 2 is 1.78 bits per heavy atom. The third-order valence-electron chi connectivity index (χ3n) is 3.68. The monoisotopic (exact) mass is 394 g/mol. The molecule has 0 fully saturated rings.